The van der Waals surface area contributed by atoms with Crippen LogP contribution < -0.4 is 9.34 Å². The van der Waals surface area contributed by atoms with Gasteiger partial charge in [-0.2, -0.15) is 0 Å². The molecule has 2 aromatic heterocycles. The van der Waals surface area contributed by atoms with Crippen molar-refractivity contribution in [2.24, 2.45) is 4.75 Å². The van der Waals surface area contributed by atoms with Crippen LogP contribution in [0.1, 0.15) is 0 Å². The van der Waals surface area contributed by atoms with Crippen molar-refractivity contribution >= 4 is 30.9 Å². The fourth-order valence-electron chi connectivity index (χ4n) is 0.832. The molecule has 0 spiro atoms. The molecule has 56 valence electrons. The second-order valence-electron chi connectivity index (χ2n) is 1.90. The Bertz CT molecular complexity index is 370. The molecular formula is C5H5N5Se. The van der Waals surface area contributed by atoms with E-state index in [-0.39, 0.29) is 15.2 Å². The molecule has 2 rings (SSSR count). The van der Waals surface area contributed by atoms with E-state index in [1.54, 1.807) is 6.33 Å². The van der Waals surface area contributed by atoms with E-state index in [0.29, 0.717) is 5.65 Å². The van der Waals surface area contributed by atoms with E-state index in [1.807, 2.05) is 0 Å². The Hall–Kier alpha value is -0.971. The molecule has 0 atom stereocenters. The summed E-state index contributed by atoms with van der Waals surface area (Å²) in [6.45, 7) is 0. The first kappa shape index (κ1) is 6.72. The Labute approximate surface area is 68.8 Å². The molecular weight excluding hydrogens is 209 g/mol. The standard InChI is InChI=1S/C5H5N5Se/c6-11-5-3-4(8-1-7-3)9-2-10-5/h1-2H,6H2,(H,7,8,9,10). The Morgan fingerprint density at radius 1 is 1.36 bits per heavy atom. The van der Waals surface area contributed by atoms with Gasteiger partial charge in [0.1, 0.15) is 0 Å². The molecule has 0 unspecified atom stereocenters. The predicted octanol–water partition coefficient (Wildman–Crippen LogP) is -1.44. The molecule has 0 saturated carbocycles. The predicted molar refractivity (Wildman–Crippen MR) is 41.3 cm³/mol. The molecule has 0 aliphatic carbocycles. The first-order chi connectivity index (χ1) is 5.42. The third kappa shape index (κ3) is 1.01. The van der Waals surface area contributed by atoms with Crippen LogP contribution in [0.4, 0.5) is 0 Å². The normalized spacial score (nSPS) is 10.6. The van der Waals surface area contributed by atoms with Crippen LogP contribution in [-0.2, 0) is 0 Å². The molecule has 0 radical (unpaired) electrons. The summed E-state index contributed by atoms with van der Waals surface area (Å²) in [5.41, 5.74) is 1.54. The van der Waals surface area contributed by atoms with E-state index in [4.69, 9.17) is 4.75 Å². The van der Waals surface area contributed by atoms with Crippen molar-refractivity contribution in [1.29, 1.82) is 0 Å². The van der Waals surface area contributed by atoms with Crippen molar-refractivity contribution in [3.05, 3.63) is 12.7 Å². The Balaban J connectivity index is 2.79. The average molecular weight is 214 g/mol. The average Bonchev–Trinajstić information content (AvgIpc) is 2.50. The summed E-state index contributed by atoms with van der Waals surface area (Å²) in [5, 5.41) is 0. The number of aromatic amines is 1. The summed E-state index contributed by atoms with van der Waals surface area (Å²) >= 11 is -0.103. The van der Waals surface area contributed by atoms with Crippen LogP contribution in [0.5, 0.6) is 0 Å². The summed E-state index contributed by atoms with van der Waals surface area (Å²) < 4.78 is 6.36. The van der Waals surface area contributed by atoms with Crippen molar-refractivity contribution in [1.82, 2.24) is 19.9 Å². The minimum absolute atomic E-state index is 0.103. The van der Waals surface area contributed by atoms with E-state index in [0.717, 1.165) is 10.1 Å². The van der Waals surface area contributed by atoms with Crippen LogP contribution in [0.2, 0.25) is 0 Å². The van der Waals surface area contributed by atoms with Gasteiger partial charge in [-0.3, -0.25) is 0 Å². The first-order valence-corrected chi connectivity index (χ1v) is 4.77. The molecule has 0 aromatic carbocycles. The van der Waals surface area contributed by atoms with Gasteiger partial charge in [-0.05, 0) is 0 Å². The van der Waals surface area contributed by atoms with E-state index in [9.17, 15) is 0 Å². The van der Waals surface area contributed by atoms with Gasteiger partial charge in [0.15, 0.2) is 0 Å². The summed E-state index contributed by atoms with van der Waals surface area (Å²) in [7, 11) is 0. The number of hydrogen-bond donors (Lipinski definition) is 2. The Morgan fingerprint density at radius 2 is 2.27 bits per heavy atom. The van der Waals surface area contributed by atoms with E-state index >= 15 is 0 Å². The van der Waals surface area contributed by atoms with Gasteiger partial charge in [-0.1, -0.05) is 0 Å². The van der Waals surface area contributed by atoms with Gasteiger partial charge >= 0.3 is 68.3 Å². The second kappa shape index (κ2) is 2.58. The number of imidazole rings is 1. The molecule has 0 bridgehead atoms. The number of nitrogens with one attached hydrogen (secondary N) is 1. The van der Waals surface area contributed by atoms with Crippen LogP contribution in [-0.4, -0.2) is 35.1 Å². The molecule has 3 N–H and O–H groups in total. The molecule has 2 heterocycles. The fourth-order valence-corrected chi connectivity index (χ4v) is 1.62. The maximum atomic E-state index is 5.50. The molecule has 2 aromatic rings. The number of aromatic nitrogens is 4. The topological polar surface area (TPSA) is 80.5 Å². The fraction of sp³-hybridized carbons (Fsp3) is 0. The Morgan fingerprint density at radius 3 is 3.09 bits per heavy atom. The molecule has 5 nitrogen and oxygen atoms in total. The third-order valence-corrected chi connectivity index (χ3v) is 2.42. The van der Waals surface area contributed by atoms with E-state index < -0.39 is 0 Å². The molecule has 0 amide bonds. The molecule has 0 saturated heterocycles. The van der Waals surface area contributed by atoms with Gasteiger partial charge in [0.2, 0.25) is 0 Å². The van der Waals surface area contributed by atoms with E-state index in [1.165, 1.54) is 6.33 Å². The number of rotatable bonds is 1. The monoisotopic (exact) mass is 215 g/mol. The van der Waals surface area contributed by atoms with Gasteiger partial charge in [0, 0.05) is 0 Å². The minimum atomic E-state index is -0.103. The zero-order valence-corrected chi connectivity index (χ0v) is 7.20. The second-order valence-corrected chi connectivity index (χ2v) is 3.20. The molecule has 0 aliphatic rings. The molecule has 11 heavy (non-hydrogen) atoms. The van der Waals surface area contributed by atoms with Crippen LogP contribution in [0.25, 0.3) is 11.2 Å². The summed E-state index contributed by atoms with van der Waals surface area (Å²) in [5.74, 6) is 0. The zero-order chi connectivity index (χ0) is 7.68. The number of nitrogens with two attached hydrogens (primary N) is 1. The van der Waals surface area contributed by atoms with Crippen molar-refractivity contribution in [3.63, 3.8) is 0 Å². The SMILES string of the molecule is N[Se]c1ncnc2nc[nH]c12. The number of nitrogens with zero attached hydrogens (tertiary/aromatic N) is 3. The summed E-state index contributed by atoms with van der Waals surface area (Å²) in [6, 6.07) is 0. The first-order valence-electron chi connectivity index (χ1n) is 2.92. The van der Waals surface area contributed by atoms with Gasteiger partial charge < -0.3 is 0 Å². The Kier molecular flexibility index (Phi) is 1.57. The molecule has 0 fully saturated rings. The molecule has 0 aliphatic heterocycles. The summed E-state index contributed by atoms with van der Waals surface area (Å²) in [4.78, 5) is 14.9. The van der Waals surface area contributed by atoms with Gasteiger partial charge in [-0.25, -0.2) is 0 Å². The van der Waals surface area contributed by atoms with Crippen molar-refractivity contribution in [2.45, 2.75) is 0 Å². The summed E-state index contributed by atoms with van der Waals surface area (Å²) in [6.07, 6.45) is 3.07. The molecule has 6 heteroatoms. The van der Waals surface area contributed by atoms with Crippen LogP contribution in [0.15, 0.2) is 12.7 Å². The van der Waals surface area contributed by atoms with Crippen molar-refractivity contribution in [2.75, 3.05) is 0 Å². The number of H-pyrrole nitrogens is 1. The van der Waals surface area contributed by atoms with E-state index in [2.05, 4.69) is 19.9 Å². The van der Waals surface area contributed by atoms with Crippen LogP contribution >= 0.6 is 0 Å². The van der Waals surface area contributed by atoms with Crippen LogP contribution in [0.3, 0.4) is 0 Å². The third-order valence-electron chi connectivity index (χ3n) is 1.30. The zero-order valence-electron chi connectivity index (χ0n) is 5.48. The maximum absolute atomic E-state index is 5.50. The van der Waals surface area contributed by atoms with Crippen LogP contribution in [0, 0.1) is 0 Å². The number of hydrogen-bond acceptors (Lipinski definition) is 4. The van der Waals surface area contributed by atoms with Gasteiger partial charge in [0.25, 0.3) is 0 Å². The van der Waals surface area contributed by atoms with Gasteiger partial charge in [-0.15, -0.1) is 0 Å². The van der Waals surface area contributed by atoms with Gasteiger partial charge in [0.05, 0.1) is 0 Å². The number of fused-ring (bicyclic) bond motifs is 1. The van der Waals surface area contributed by atoms with Crippen molar-refractivity contribution in [3.8, 4) is 0 Å². The quantitative estimate of drug-likeness (QED) is 0.569. The van der Waals surface area contributed by atoms with Crippen molar-refractivity contribution < 1.29 is 0 Å².